The Morgan fingerprint density at radius 2 is 2.00 bits per heavy atom. The molecule has 0 spiro atoms. The van der Waals surface area contributed by atoms with Gasteiger partial charge in [-0.2, -0.15) is 0 Å². The quantitative estimate of drug-likeness (QED) is 0.893. The van der Waals surface area contributed by atoms with Crippen LogP contribution in [0.2, 0.25) is 0 Å². The van der Waals surface area contributed by atoms with Crippen molar-refractivity contribution in [3.05, 3.63) is 29.6 Å². The van der Waals surface area contributed by atoms with E-state index in [1.54, 1.807) is 6.07 Å². The minimum atomic E-state index is -0.198. The number of benzene rings is 1. The molecule has 0 bridgehead atoms. The van der Waals surface area contributed by atoms with Gasteiger partial charge in [0.25, 0.3) is 0 Å². The van der Waals surface area contributed by atoms with E-state index in [4.69, 9.17) is 5.73 Å². The summed E-state index contributed by atoms with van der Waals surface area (Å²) in [6.45, 7) is 7.10. The molecule has 1 aliphatic rings. The fourth-order valence-electron chi connectivity index (χ4n) is 2.83. The predicted molar refractivity (Wildman–Crippen MR) is 74.1 cm³/mol. The third-order valence-electron chi connectivity index (χ3n) is 4.08. The second kappa shape index (κ2) is 5.70. The molecule has 100 valence electrons. The Bertz CT molecular complexity index is 395. The van der Waals surface area contributed by atoms with Crippen molar-refractivity contribution in [2.45, 2.75) is 33.2 Å². The van der Waals surface area contributed by atoms with Crippen molar-refractivity contribution in [2.75, 3.05) is 18.0 Å². The van der Waals surface area contributed by atoms with Crippen molar-refractivity contribution in [1.82, 2.24) is 0 Å². The van der Waals surface area contributed by atoms with Gasteiger partial charge < -0.3 is 10.6 Å². The van der Waals surface area contributed by atoms with Crippen molar-refractivity contribution in [3.63, 3.8) is 0 Å². The van der Waals surface area contributed by atoms with Crippen molar-refractivity contribution in [2.24, 2.45) is 17.6 Å². The first-order chi connectivity index (χ1) is 8.61. The Kier molecular flexibility index (Phi) is 4.23. The van der Waals surface area contributed by atoms with Gasteiger partial charge in [0.15, 0.2) is 0 Å². The molecule has 2 N–H and O–H groups in total. The Balaban J connectivity index is 2.09. The molecule has 0 aliphatic carbocycles. The third-order valence-corrected chi connectivity index (χ3v) is 4.08. The molecule has 0 saturated carbocycles. The number of nitrogens with two attached hydrogens (primary N) is 1. The summed E-state index contributed by atoms with van der Waals surface area (Å²) in [4.78, 5) is 2.35. The van der Waals surface area contributed by atoms with Crippen LogP contribution >= 0.6 is 0 Å². The van der Waals surface area contributed by atoms with Gasteiger partial charge in [-0.05, 0) is 48.4 Å². The Labute approximate surface area is 109 Å². The van der Waals surface area contributed by atoms with Crippen LogP contribution in [-0.4, -0.2) is 13.1 Å². The van der Waals surface area contributed by atoms with Gasteiger partial charge in [0.05, 0.1) is 0 Å². The number of anilines is 1. The van der Waals surface area contributed by atoms with E-state index >= 15 is 0 Å². The first-order valence-corrected chi connectivity index (χ1v) is 6.85. The molecule has 1 aromatic carbocycles. The second-order valence-electron chi connectivity index (χ2n) is 5.55. The molecular formula is C15H23FN2. The van der Waals surface area contributed by atoms with Gasteiger partial charge in [-0.1, -0.05) is 13.8 Å². The first-order valence-electron chi connectivity index (χ1n) is 6.85. The van der Waals surface area contributed by atoms with Crippen LogP contribution < -0.4 is 10.6 Å². The molecule has 2 nitrogen and oxygen atoms in total. The van der Waals surface area contributed by atoms with Crippen LogP contribution in [-0.2, 0) is 6.54 Å². The summed E-state index contributed by atoms with van der Waals surface area (Å²) in [5, 5.41) is 0. The van der Waals surface area contributed by atoms with Crippen LogP contribution in [0, 0.1) is 17.7 Å². The van der Waals surface area contributed by atoms with E-state index in [9.17, 15) is 4.39 Å². The molecule has 18 heavy (non-hydrogen) atoms. The lowest BCUT2D eigenvalue weighted by Gasteiger charge is -2.36. The van der Waals surface area contributed by atoms with Crippen LogP contribution in [0.5, 0.6) is 0 Å². The lowest BCUT2D eigenvalue weighted by Crippen LogP contribution is -2.36. The van der Waals surface area contributed by atoms with Crippen LogP contribution in [0.1, 0.15) is 32.3 Å². The molecule has 0 unspecified atom stereocenters. The standard InChI is InChI=1S/C15H23FN2/c1-11(2)12-5-7-18(8-6-12)15-4-3-14(16)9-13(15)10-17/h3-4,9,11-12H,5-8,10,17H2,1-2H3. The number of rotatable bonds is 3. The van der Waals surface area contributed by atoms with E-state index in [1.165, 1.54) is 18.9 Å². The van der Waals surface area contributed by atoms with Crippen molar-refractivity contribution in [1.29, 1.82) is 0 Å². The predicted octanol–water partition coefficient (Wildman–Crippen LogP) is 3.16. The van der Waals surface area contributed by atoms with Crippen LogP contribution in [0.25, 0.3) is 0 Å². The SMILES string of the molecule is CC(C)C1CCN(c2ccc(F)cc2CN)CC1. The molecule has 3 heteroatoms. The summed E-state index contributed by atoms with van der Waals surface area (Å²) >= 11 is 0. The summed E-state index contributed by atoms with van der Waals surface area (Å²) in [7, 11) is 0. The molecule has 0 radical (unpaired) electrons. The van der Waals surface area contributed by atoms with Gasteiger partial charge in [-0.25, -0.2) is 4.39 Å². The van der Waals surface area contributed by atoms with E-state index in [0.29, 0.717) is 6.54 Å². The number of nitrogens with zero attached hydrogens (tertiary/aromatic N) is 1. The highest BCUT2D eigenvalue weighted by atomic mass is 19.1. The summed E-state index contributed by atoms with van der Waals surface area (Å²) < 4.78 is 13.2. The molecule has 1 aromatic rings. The fourth-order valence-corrected chi connectivity index (χ4v) is 2.83. The monoisotopic (exact) mass is 250 g/mol. The molecule has 0 atom stereocenters. The highest BCUT2D eigenvalue weighted by molar-refractivity contribution is 5.54. The highest BCUT2D eigenvalue weighted by Crippen LogP contribution is 2.29. The molecule has 0 aromatic heterocycles. The molecule has 0 amide bonds. The Morgan fingerprint density at radius 3 is 2.56 bits per heavy atom. The van der Waals surface area contributed by atoms with Gasteiger partial charge in [0.1, 0.15) is 5.82 Å². The first kappa shape index (κ1) is 13.3. The number of hydrogen-bond donors (Lipinski definition) is 1. The zero-order chi connectivity index (χ0) is 13.1. The maximum Gasteiger partial charge on any atom is 0.123 e. The van der Waals surface area contributed by atoms with Gasteiger partial charge in [-0.3, -0.25) is 0 Å². The van der Waals surface area contributed by atoms with Gasteiger partial charge in [0, 0.05) is 25.3 Å². The van der Waals surface area contributed by atoms with Crippen molar-refractivity contribution in [3.8, 4) is 0 Å². The van der Waals surface area contributed by atoms with Gasteiger partial charge >= 0.3 is 0 Å². The van der Waals surface area contributed by atoms with Gasteiger partial charge in [-0.15, -0.1) is 0 Å². The van der Waals surface area contributed by atoms with E-state index < -0.39 is 0 Å². The second-order valence-corrected chi connectivity index (χ2v) is 5.55. The fraction of sp³-hybridized carbons (Fsp3) is 0.600. The van der Waals surface area contributed by atoms with Crippen LogP contribution in [0.3, 0.4) is 0 Å². The molecule has 1 fully saturated rings. The maximum atomic E-state index is 13.2. The molecule has 1 saturated heterocycles. The van der Waals surface area contributed by atoms with E-state index in [0.717, 1.165) is 36.2 Å². The smallest absolute Gasteiger partial charge is 0.123 e. The van der Waals surface area contributed by atoms with E-state index in [-0.39, 0.29) is 5.82 Å². The minimum absolute atomic E-state index is 0.198. The maximum absolute atomic E-state index is 13.2. The highest BCUT2D eigenvalue weighted by Gasteiger charge is 2.22. The third kappa shape index (κ3) is 2.83. The molecule has 2 rings (SSSR count). The number of hydrogen-bond acceptors (Lipinski definition) is 2. The van der Waals surface area contributed by atoms with Crippen molar-refractivity contribution >= 4 is 5.69 Å². The lowest BCUT2D eigenvalue weighted by atomic mass is 9.86. The van der Waals surface area contributed by atoms with E-state index in [1.807, 2.05) is 6.07 Å². The lowest BCUT2D eigenvalue weighted by molar-refractivity contribution is 0.311. The molecular weight excluding hydrogens is 227 g/mol. The normalized spacial score (nSPS) is 17.5. The largest absolute Gasteiger partial charge is 0.371 e. The molecule has 1 heterocycles. The summed E-state index contributed by atoms with van der Waals surface area (Å²) in [5.41, 5.74) is 7.74. The topological polar surface area (TPSA) is 29.3 Å². The minimum Gasteiger partial charge on any atom is -0.371 e. The zero-order valence-electron chi connectivity index (χ0n) is 11.3. The molecule has 1 aliphatic heterocycles. The summed E-state index contributed by atoms with van der Waals surface area (Å²) in [5.74, 6) is 1.38. The summed E-state index contributed by atoms with van der Waals surface area (Å²) in [6.07, 6.45) is 2.44. The average molecular weight is 250 g/mol. The zero-order valence-corrected chi connectivity index (χ0v) is 11.3. The van der Waals surface area contributed by atoms with Gasteiger partial charge in [0.2, 0.25) is 0 Å². The number of piperidine rings is 1. The van der Waals surface area contributed by atoms with Crippen LogP contribution in [0.15, 0.2) is 18.2 Å². The summed E-state index contributed by atoms with van der Waals surface area (Å²) in [6, 6.07) is 4.96. The Hall–Kier alpha value is -1.09. The Morgan fingerprint density at radius 1 is 1.33 bits per heavy atom. The van der Waals surface area contributed by atoms with E-state index in [2.05, 4.69) is 18.7 Å². The van der Waals surface area contributed by atoms with Crippen LogP contribution in [0.4, 0.5) is 10.1 Å². The van der Waals surface area contributed by atoms with Crippen molar-refractivity contribution < 1.29 is 4.39 Å². The average Bonchev–Trinajstić information content (AvgIpc) is 2.38. The number of halogens is 1.